The first-order valence-electron chi connectivity index (χ1n) is 6.03. The van der Waals surface area contributed by atoms with E-state index in [4.69, 9.17) is 17.1 Å². The third-order valence-electron chi connectivity index (χ3n) is 2.75. The Morgan fingerprint density at radius 3 is 2.86 bits per heavy atom. The number of aliphatic hydroxyl groups is 2. The van der Waals surface area contributed by atoms with E-state index in [1.165, 1.54) is 17.1 Å². The van der Waals surface area contributed by atoms with E-state index in [0.717, 1.165) is 0 Å². The van der Waals surface area contributed by atoms with Crippen molar-refractivity contribution >= 4 is 11.6 Å². The number of hydrogen-bond acceptors (Lipinski definition) is 6. The van der Waals surface area contributed by atoms with Gasteiger partial charge in [0.15, 0.2) is 11.0 Å². The van der Waals surface area contributed by atoms with E-state index >= 15 is 0 Å². The summed E-state index contributed by atoms with van der Waals surface area (Å²) in [5.74, 6) is 0.432. The molecule has 2 aromatic heterocycles. The second kappa shape index (κ2) is 7.00. The first-order valence-corrected chi connectivity index (χ1v) is 6.41. The summed E-state index contributed by atoms with van der Waals surface area (Å²) in [6, 6.07) is 3.19. The highest BCUT2D eigenvalue weighted by molar-refractivity contribution is 6.29. The number of aromatic nitrogens is 4. The standard InChI is InChI=1S/C11H12ClN7O2/c12-9-1-2-10(17-16-9)19-6-7(5-15-19)11(21)8(20)3-4-14-18-13/h1-2,5-6,8,11,20-21H,3-4H2. The number of rotatable bonds is 6. The Bertz CT molecular complexity index is 638. The van der Waals surface area contributed by atoms with E-state index in [1.807, 2.05) is 0 Å². The van der Waals surface area contributed by atoms with Gasteiger partial charge in [-0.15, -0.1) is 10.2 Å². The molecule has 9 nitrogen and oxygen atoms in total. The molecule has 2 unspecified atom stereocenters. The molecule has 110 valence electrons. The van der Waals surface area contributed by atoms with Crippen LogP contribution in [-0.2, 0) is 0 Å². The van der Waals surface area contributed by atoms with E-state index in [2.05, 4.69) is 25.3 Å². The summed E-state index contributed by atoms with van der Waals surface area (Å²) in [5, 5.41) is 34.9. The van der Waals surface area contributed by atoms with E-state index in [-0.39, 0.29) is 18.1 Å². The molecule has 10 heteroatoms. The van der Waals surface area contributed by atoms with Crippen LogP contribution >= 0.6 is 11.6 Å². The maximum absolute atomic E-state index is 10.00. The highest BCUT2D eigenvalue weighted by Crippen LogP contribution is 2.19. The molecule has 0 fully saturated rings. The van der Waals surface area contributed by atoms with Gasteiger partial charge in [-0.1, -0.05) is 16.7 Å². The van der Waals surface area contributed by atoms with Crippen LogP contribution in [0.4, 0.5) is 0 Å². The predicted octanol–water partition coefficient (Wildman–Crippen LogP) is 1.41. The van der Waals surface area contributed by atoms with Gasteiger partial charge in [-0.3, -0.25) is 0 Å². The summed E-state index contributed by atoms with van der Waals surface area (Å²) < 4.78 is 1.40. The molecule has 21 heavy (non-hydrogen) atoms. The monoisotopic (exact) mass is 309 g/mol. The van der Waals surface area contributed by atoms with Gasteiger partial charge in [0.25, 0.3) is 0 Å². The lowest BCUT2D eigenvalue weighted by Gasteiger charge is -2.15. The summed E-state index contributed by atoms with van der Waals surface area (Å²) in [4.78, 5) is 2.58. The molecule has 2 heterocycles. The minimum atomic E-state index is -1.13. The van der Waals surface area contributed by atoms with Crippen LogP contribution in [0.2, 0.25) is 5.15 Å². The number of halogens is 1. The van der Waals surface area contributed by atoms with Gasteiger partial charge in [0, 0.05) is 23.2 Å². The molecule has 0 radical (unpaired) electrons. The Morgan fingerprint density at radius 2 is 2.19 bits per heavy atom. The molecule has 0 aliphatic rings. The molecule has 2 aromatic rings. The Kier molecular flexibility index (Phi) is 5.07. The largest absolute Gasteiger partial charge is 0.390 e. The Morgan fingerprint density at radius 1 is 1.38 bits per heavy atom. The Labute approximate surface area is 124 Å². The van der Waals surface area contributed by atoms with Crippen molar-refractivity contribution < 1.29 is 10.2 Å². The van der Waals surface area contributed by atoms with Crippen LogP contribution in [0.25, 0.3) is 16.3 Å². The molecule has 0 aliphatic heterocycles. The van der Waals surface area contributed by atoms with Crippen molar-refractivity contribution in [3.05, 3.63) is 45.7 Å². The maximum atomic E-state index is 10.00. The molecular formula is C11H12ClN7O2. The Balaban J connectivity index is 2.08. The zero-order valence-corrected chi connectivity index (χ0v) is 11.5. The third kappa shape index (κ3) is 3.89. The average Bonchev–Trinajstić information content (AvgIpc) is 2.97. The number of nitrogens with zero attached hydrogens (tertiary/aromatic N) is 7. The van der Waals surface area contributed by atoms with Crippen molar-refractivity contribution in [2.45, 2.75) is 18.6 Å². The second-order valence-electron chi connectivity index (χ2n) is 4.19. The van der Waals surface area contributed by atoms with E-state index < -0.39 is 12.2 Å². The molecule has 0 aliphatic carbocycles. The lowest BCUT2D eigenvalue weighted by molar-refractivity contribution is 0.0150. The smallest absolute Gasteiger partial charge is 0.175 e. The highest BCUT2D eigenvalue weighted by Gasteiger charge is 2.19. The minimum absolute atomic E-state index is 0.103. The number of aliphatic hydroxyl groups excluding tert-OH is 2. The summed E-state index contributed by atoms with van der Waals surface area (Å²) >= 11 is 5.65. The van der Waals surface area contributed by atoms with Crippen molar-refractivity contribution in [2.24, 2.45) is 5.11 Å². The zero-order chi connectivity index (χ0) is 15.2. The molecule has 0 saturated heterocycles. The summed E-state index contributed by atoms with van der Waals surface area (Å²) in [6.45, 7) is 0.103. The molecule has 0 amide bonds. The van der Waals surface area contributed by atoms with Crippen LogP contribution in [0.1, 0.15) is 18.1 Å². The normalized spacial score (nSPS) is 13.5. The fourth-order valence-electron chi connectivity index (χ4n) is 1.66. The fourth-order valence-corrected chi connectivity index (χ4v) is 1.76. The highest BCUT2D eigenvalue weighted by atomic mass is 35.5. The van der Waals surface area contributed by atoms with E-state index in [1.54, 1.807) is 12.1 Å². The summed E-state index contributed by atoms with van der Waals surface area (Å²) in [6.07, 6.45) is 0.909. The van der Waals surface area contributed by atoms with Gasteiger partial charge in [-0.25, -0.2) is 4.68 Å². The van der Waals surface area contributed by atoms with Gasteiger partial charge < -0.3 is 10.2 Å². The van der Waals surface area contributed by atoms with Crippen LogP contribution in [-0.4, -0.2) is 42.8 Å². The third-order valence-corrected chi connectivity index (χ3v) is 2.95. The summed E-state index contributed by atoms with van der Waals surface area (Å²) in [5.41, 5.74) is 8.58. The lowest BCUT2D eigenvalue weighted by atomic mass is 10.1. The van der Waals surface area contributed by atoms with E-state index in [9.17, 15) is 10.2 Å². The quantitative estimate of drug-likeness (QED) is 0.473. The average molecular weight is 310 g/mol. The predicted molar refractivity (Wildman–Crippen MR) is 73.8 cm³/mol. The van der Waals surface area contributed by atoms with Gasteiger partial charge in [0.05, 0.1) is 12.3 Å². The van der Waals surface area contributed by atoms with Crippen molar-refractivity contribution in [1.82, 2.24) is 20.0 Å². The zero-order valence-electron chi connectivity index (χ0n) is 10.8. The topological polar surface area (TPSA) is 133 Å². The number of hydrogen-bond donors (Lipinski definition) is 2. The van der Waals surface area contributed by atoms with Gasteiger partial charge in [0.1, 0.15) is 6.10 Å². The minimum Gasteiger partial charge on any atom is -0.390 e. The molecular weight excluding hydrogens is 298 g/mol. The van der Waals surface area contributed by atoms with Crippen LogP contribution < -0.4 is 0 Å². The fraction of sp³-hybridized carbons (Fsp3) is 0.364. The van der Waals surface area contributed by atoms with Crippen molar-refractivity contribution in [2.75, 3.05) is 6.54 Å². The first-order chi connectivity index (χ1) is 10.1. The SMILES string of the molecule is [N-]=[N+]=NCCC(O)C(O)c1cnn(-c2ccc(Cl)nn2)c1. The van der Waals surface area contributed by atoms with Gasteiger partial charge in [0.2, 0.25) is 0 Å². The first kappa shape index (κ1) is 15.2. The molecule has 0 aromatic carbocycles. The second-order valence-corrected chi connectivity index (χ2v) is 4.58. The molecule has 2 N–H and O–H groups in total. The maximum Gasteiger partial charge on any atom is 0.175 e. The molecule has 2 atom stereocenters. The van der Waals surface area contributed by atoms with E-state index in [0.29, 0.717) is 11.4 Å². The summed E-state index contributed by atoms with van der Waals surface area (Å²) in [7, 11) is 0. The van der Waals surface area contributed by atoms with Crippen molar-refractivity contribution in [1.29, 1.82) is 0 Å². The van der Waals surface area contributed by atoms with Crippen LogP contribution in [0, 0.1) is 0 Å². The number of azide groups is 1. The van der Waals surface area contributed by atoms with Crippen LogP contribution in [0.3, 0.4) is 0 Å². The Hall–Kier alpha value is -2.19. The molecule has 0 bridgehead atoms. The van der Waals surface area contributed by atoms with Crippen LogP contribution in [0.5, 0.6) is 0 Å². The van der Waals surface area contributed by atoms with Gasteiger partial charge >= 0.3 is 0 Å². The molecule has 0 spiro atoms. The molecule has 2 rings (SSSR count). The lowest BCUT2D eigenvalue weighted by Crippen LogP contribution is -2.18. The van der Waals surface area contributed by atoms with Crippen LogP contribution in [0.15, 0.2) is 29.6 Å². The van der Waals surface area contributed by atoms with Crippen molar-refractivity contribution in [3.63, 3.8) is 0 Å². The molecule has 0 saturated carbocycles. The van der Waals surface area contributed by atoms with Gasteiger partial charge in [-0.05, 0) is 24.1 Å². The van der Waals surface area contributed by atoms with Crippen molar-refractivity contribution in [3.8, 4) is 5.82 Å². The van der Waals surface area contributed by atoms with Gasteiger partial charge in [-0.2, -0.15) is 5.10 Å².